The van der Waals surface area contributed by atoms with Gasteiger partial charge in [-0.15, -0.1) is 5.10 Å². The van der Waals surface area contributed by atoms with Crippen LogP contribution in [0.5, 0.6) is 0 Å². The van der Waals surface area contributed by atoms with Crippen molar-refractivity contribution in [1.82, 2.24) is 10.2 Å². The number of anilines is 1. The topological polar surface area (TPSA) is 92.2 Å². The molecule has 2 saturated carbocycles. The van der Waals surface area contributed by atoms with Crippen molar-refractivity contribution in [3.8, 4) is 0 Å². The van der Waals surface area contributed by atoms with Crippen molar-refractivity contribution < 1.29 is 19.1 Å². The summed E-state index contributed by atoms with van der Waals surface area (Å²) in [6, 6.07) is 8.76. The largest absolute Gasteiger partial charge is 0.515 e. The summed E-state index contributed by atoms with van der Waals surface area (Å²) in [4.78, 5) is 25.8. The highest BCUT2D eigenvalue weighted by molar-refractivity contribution is 6.03. The van der Waals surface area contributed by atoms with E-state index in [4.69, 9.17) is 0 Å². The highest BCUT2D eigenvalue weighted by Crippen LogP contribution is 2.63. The SMILES string of the molecule is C[C@]12CCC3c4cccc(F)c4CCC3C1[C@H](CCCC(=O)Nc1cccnn1)/C(=C/O)C2=O. The van der Waals surface area contributed by atoms with Gasteiger partial charge >= 0.3 is 0 Å². The summed E-state index contributed by atoms with van der Waals surface area (Å²) in [5.41, 5.74) is 1.89. The molecule has 1 aromatic carbocycles. The van der Waals surface area contributed by atoms with Gasteiger partial charge in [0.2, 0.25) is 5.91 Å². The molecule has 1 heterocycles. The number of hydrogen-bond acceptors (Lipinski definition) is 5. The number of fused-ring (bicyclic) bond motifs is 5. The van der Waals surface area contributed by atoms with Gasteiger partial charge in [0.15, 0.2) is 11.6 Å². The van der Waals surface area contributed by atoms with E-state index in [0.717, 1.165) is 36.7 Å². The van der Waals surface area contributed by atoms with Crippen molar-refractivity contribution in [3.05, 3.63) is 65.3 Å². The Kier molecular flexibility index (Phi) is 5.96. The first-order valence-electron chi connectivity index (χ1n) is 12.2. The Morgan fingerprint density at radius 3 is 2.91 bits per heavy atom. The number of carbonyl (C=O) groups is 2. The Morgan fingerprint density at radius 1 is 1.29 bits per heavy atom. The van der Waals surface area contributed by atoms with Gasteiger partial charge in [-0.1, -0.05) is 19.1 Å². The Morgan fingerprint density at radius 2 is 2.15 bits per heavy atom. The van der Waals surface area contributed by atoms with Crippen LogP contribution in [-0.4, -0.2) is 27.0 Å². The molecule has 1 aromatic heterocycles. The van der Waals surface area contributed by atoms with Gasteiger partial charge in [-0.3, -0.25) is 9.59 Å². The molecule has 3 aliphatic rings. The van der Waals surface area contributed by atoms with Crippen LogP contribution < -0.4 is 5.32 Å². The standard InChI is InChI=1S/C27H30FN3O3/c1-27-13-12-17-16-5-2-7-22(28)18(16)10-11-20(17)25(27)19(21(15-32)26(27)34)6-3-9-24(33)30-23-8-4-14-29-31-23/h2,4-5,7-8,14-15,17,19-20,25,32H,3,6,9-13H2,1H3,(H,30,31,33)/b21-15-/t17?,19-,20?,25?,27+/m1/s1. The van der Waals surface area contributed by atoms with E-state index >= 15 is 0 Å². The van der Waals surface area contributed by atoms with Crippen LogP contribution in [0.25, 0.3) is 0 Å². The number of rotatable bonds is 5. The second kappa shape index (κ2) is 8.93. The molecule has 178 valence electrons. The van der Waals surface area contributed by atoms with Crippen molar-refractivity contribution in [2.24, 2.45) is 23.2 Å². The molecule has 2 N–H and O–H groups in total. The lowest BCUT2D eigenvalue weighted by Crippen LogP contribution is -2.44. The maximum absolute atomic E-state index is 14.5. The van der Waals surface area contributed by atoms with Crippen LogP contribution >= 0.6 is 0 Å². The molecular formula is C27H30FN3O3. The molecule has 5 rings (SSSR count). The van der Waals surface area contributed by atoms with Crippen LogP contribution in [0.4, 0.5) is 10.2 Å². The zero-order valence-electron chi connectivity index (χ0n) is 19.3. The fraction of sp³-hybridized carbons (Fsp3) is 0.481. The molecule has 5 atom stereocenters. The third-order valence-corrected chi connectivity index (χ3v) is 8.48. The predicted octanol–water partition coefficient (Wildman–Crippen LogP) is 5.13. The highest BCUT2D eigenvalue weighted by Gasteiger charge is 2.60. The number of benzene rings is 1. The van der Waals surface area contributed by atoms with E-state index in [1.165, 1.54) is 6.07 Å². The fourth-order valence-corrected chi connectivity index (χ4v) is 7.07. The van der Waals surface area contributed by atoms with E-state index in [1.54, 1.807) is 24.4 Å². The first-order valence-corrected chi connectivity index (χ1v) is 12.2. The first-order chi connectivity index (χ1) is 16.4. The maximum Gasteiger partial charge on any atom is 0.225 e. The molecule has 0 saturated heterocycles. The van der Waals surface area contributed by atoms with Gasteiger partial charge in [-0.25, -0.2) is 4.39 Å². The summed E-state index contributed by atoms with van der Waals surface area (Å²) < 4.78 is 14.5. The fourth-order valence-electron chi connectivity index (χ4n) is 7.07. The Labute approximate surface area is 198 Å². The molecule has 3 aliphatic carbocycles. The molecule has 0 spiro atoms. The number of nitrogens with zero attached hydrogens (tertiary/aromatic N) is 2. The molecule has 2 fully saturated rings. The summed E-state index contributed by atoms with van der Waals surface area (Å²) in [5, 5.41) is 20.4. The molecule has 3 unspecified atom stereocenters. The van der Waals surface area contributed by atoms with Gasteiger partial charge < -0.3 is 10.4 Å². The number of aliphatic hydroxyl groups is 1. The van der Waals surface area contributed by atoms with E-state index < -0.39 is 5.41 Å². The van der Waals surface area contributed by atoms with E-state index in [2.05, 4.69) is 15.5 Å². The molecule has 0 aliphatic heterocycles. The van der Waals surface area contributed by atoms with Gasteiger partial charge in [0.05, 0.1) is 6.26 Å². The Bertz CT molecular complexity index is 1140. The minimum Gasteiger partial charge on any atom is -0.515 e. The second-order valence-corrected chi connectivity index (χ2v) is 10.2. The molecule has 0 radical (unpaired) electrons. The molecule has 1 amide bonds. The number of ketones is 1. The van der Waals surface area contributed by atoms with Crippen LogP contribution in [0, 0.1) is 29.0 Å². The number of carbonyl (C=O) groups excluding carboxylic acids is 2. The molecule has 6 nitrogen and oxygen atoms in total. The lowest BCUT2D eigenvalue weighted by Gasteiger charge is -2.49. The normalized spacial score (nSPS) is 31.0. The number of allylic oxidation sites excluding steroid dienone is 1. The number of Topliss-reactive ketones (excluding diaryl/α,β-unsaturated/α-hetero) is 1. The molecule has 0 bridgehead atoms. The zero-order valence-corrected chi connectivity index (χ0v) is 19.3. The smallest absolute Gasteiger partial charge is 0.225 e. The predicted molar refractivity (Wildman–Crippen MR) is 126 cm³/mol. The average Bonchev–Trinajstić information content (AvgIpc) is 3.06. The summed E-state index contributed by atoms with van der Waals surface area (Å²) in [6.07, 6.45) is 7.18. The number of amides is 1. The Balaban J connectivity index is 1.35. The summed E-state index contributed by atoms with van der Waals surface area (Å²) >= 11 is 0. The summed E-state index contributed by atoms with van der Waals surface area (Å²) in [6.45, 7) is 2.04. The molecule has 34 heavy (non-hydrogen) atoms. The zero-order chi connectivity index (χ0) is 23.9. The van der Waals surface area contributed by atoms with E-state index in [-0.39, 0.29) is 41.2 Å². The van der Waals surface area contributed by atoms with Gasteiger partial charge in [-0.2, -0.15) is 5.10 Å². The minimum atomic E-state index is -0.521. The van der Waals surface area contributed by atoms with E-state index in [9.17, 15) is 19.1 Å². The van der Waals surface area contributed by atoms with Crippen LogP contribution in [0.3, 0.4) is 0 Å². The van der Waals surface area contributed by atoms with E-state index in [1.807, 2.05) is 13.0 Å². The second-order valence-electron chi connectivity index (χ2n) is 10.2. The first kappa shape index (κ1) is 22.7. The molecule has 7 heteroatoms. The van der Waals surface area contributed by atoms with Crippen molar-refractivity contribution in [2.45, 2.75) is 57.8 Å². The third kappa shape index (κ3) is 3.71. The lowest BCUT2D eigenvalue weighted by molar-refractivity contribution is -0.127. The number of hydrogen-bond donors (Lipinski definition) is 2. The summed E-state index contributed by atoms with van der Waals surface area (Å²) in [5.74, 6) is 0.636. The van der Waals surface area contributed by atoms with Crippen molar-refractivity contribution in [3.63, 3.8) is 0 Å². The van der Waals surface area contributed by atoms with Crippen LogP contribution in [0.1, 0.15) is 62.5 Å². The lowest BCUT2D eigenvalue weighted by atomic mass is 9.54. The van der Waals surface area contributed by atoms with Crippen LogP contribution in [0.2, 0.25) is 0 Å². The van der Waals surface area contributed by atoms with Gasteiger partial charge in [-0.05, 0) is 91.5 Å². The van der Waals surface area contributed by atoms with Gasteiger partial charge in [0.25, 0.3) is 0 Å². The van der Waals surface area contributed by atoms with Crippen molar-refractivity contribution in [2.75, 3.05) is 5.32 Å². The van der Waals surface area contributed by atoms with Crippen molar-refractivity contribution >= 4 is 17.5 Å². The van der Waals surface area contributed by atoms with Gasteiger partial charge in [0.1, 0.15) is 5.82 Å². The van der Waals surface area contributed by atoms with E-state index in [0.29, 0.717) is 37.1 Å². The number of nitrogens with one attached hydrogen (secondary N) is 1. The monoisotopic (exact) mass is 463 g/mol. The third-order valence-electron chi connectivity index (χ3n) is 8.48. The minimum absolute atomic E-state index is 0.0394. The molecular weight excluding hydrogens is 433 g/mol. The number of aliphatic hydroxyl groups excluding tert-OH is 1. The highest BCUT2D eigenvalue weighted by atomic mass is 19.1. The average molecular weight is 464 g/mol. The van der Waals surface area contributed by atoms with Crippen LogP contribution in [-0.2, 0) is 16.0 Å². The maximum atomic E-state index is 14.5. The van der Waals surface area contributed by atoms with Crippen LogP contribution in [0.15, 0.2) is 48.4 Å². The number of halogens is 1. The van der Waals surface area contributed by atoms with Gasteiger partial charge in [0, 0.05) is 23.6 Å². The summed E-state index contributed by atoms with van der Waals surface area (Å²) in [7, 11) is 0. The van der Waals surface area contributed by atoms with Crippen molar-refractivity contribution in [1.29, 1.82) is 0 Å². The quantitative estimate of drug-likeness (QED) is 0.474. The Hall–Kier alpha value is -3.09. The molecule has 2 aromatic rings. The number of aromatic nitrogens is 2.